The Hall–Kier alpha value is -1.55. The second kappa shape index (κ2) is 5.44. The molecule has 0 radical (unpaired) electrons. The van der Waals surface area contributed by atoms with Crippen molar-refractivity contribution < 1.29 is 14.3 Å². The summed E-state index contributed by atoms with van der Waals surface area (Å²) in [6.45, 7) is 0.242. The molecule has 2 aliphatic rings. The Kier molecular flexibility index (Phi) is 3.66. The number of rotatable bonds is 4. The molecule has 1 amide bonds. The Bertz CT molecular complexity index is 479. The van der Waals surface area contributed by atoms with Crippen molar-refractivity contribution in [3.8, 4) is 5.75 Å². The molecule has 4 heteroatoms. The lowest BCUT2D eigenvalue weighted by Crippen LogP contribution is -2.59. The molecule has 4 nitrogen and oxygen atoms in total. The number of anilines is 1. The van der Waals surface area contributed by atoms with E-state index in [9.17, 15) is 4.79 Å². The third-order valence-electron chi connectivity index (χ3n) is 4.48. The van der Waals surface area contributed by atoms with Crippen molar-refractivity contribution in [3.05, 3.63) is 24.3 Å². The fraction of sp³-hybridized carbons (Fsp3) is 0.562. The molecule has 1 heterocycles. The number of nitrogens with zero attached hydrogens (tertiary/aromatic N) is 1. The maximum Gasteiger partial charge on any atom is 0.227 e. The van der Waals surface area contributed by atoms with Crippen LogP contribution in [0.5, 0.6) is 5.75 Å². The first-order valence-electron chi connectivity index (χ1n) is 7.30. The molecule has 1 saturated carbocycles. The van der Waals surface area contributed by atoms with Gasteiger partial charge in [-0.3, -0.25) is 4.79 Å². The maximum atomic E-state index is 12.3. The summed E-state index contributed by atoms with van der Waals surface area (Å²) in [5, 5.41) is 0. The van der Waals surface area contributed by atoms with Gasteiger partial charge in [0.25, 0.3) is 0 Å². The van der Waals surface area contributed by atoms with Gasteiger partial charge in [-0.15, -0.1) is 0 Å². The molecule has 108 valence electrons. The fourth-order valence-corrected chi connectivity index (χ4v) is 3.35. The summed E-state index contributed by atoms with van der Waals surface area (Å²) in [5.41, 5.74) is 1.10. The van der Waals surface area contributed by atoms with Crippen LogP contribution in [0.3, 0.4) is 0 Å². The van der Waals surface area contributed by atoms with Crippen molar-refractivity contribution in [2.24, 2.45) is 0 Å². The van der Waals surface area contributed by atoms with Crippen molar-refractivity contribution in [2.45, 2.75) is 44.1 Å². The van der Waals surface area contributed by atoms with Gasteiger partial charge in [0.2, 0.25) is 5.91 Å². The number of ether oxygens (including phenoxy) is 2. The SMILES string of the molecule is COCOc1ccc(N2C(=O)CCCC23CCC3)cc1. The molecule has 1 aliphatic heterocycles. The van der Waals surface area contributed by atoms with Crippen LogP contribution in [0.25, 0.3) is 0 Å². The minimum absolute atomic E-state index is 0.101. The molecule has 1 aromatic carbocycles. The monoisotopic (exact) mass is 275 g/mol. The molecule has 0 unspecified atom stereocenters. The molecule has 0 bridgehead atoms. The highest BCUT2D eigenvalue weighted by molar-refractivity contribution is 5.96. The first-order valence-corrected chi connectivity index (χ1v) is 7.30. The zero-order valence-electron chi connectivity index (χ0n) is 11.9. The lowest BCUT2D eigenvalue weighted by molar-refractivity contribution is -0.122. The van der Waals surface area contributed by atoms with Gasteiger partial charge in [-0.25, -0.2) is 0 Å². The van der Waals surface area contributed by atoms with E-state index in [1.807, 2.05) is 29.2 Å². The quantitative estimate of drug-likeness (QED) is 0.793. The predicted molar refractivity (Wildman–Crippen MR) is 76.9 cm³/mol. The van der Waals surface area contributed by atoms with E-state index in [0.717, 1.165) is 37.1 Å². The van der Waals surface area contributed by atoms with Crippen molar-refractivity contribution in [1.82, 2.24) is 0 Å². The van der Waals surface area contributed by atoms with Crippen LogP contribution >= 0.6 is 0 Å². The topological polar surface area (TPSA) is 38.8 Å². The van der Waals surface area contributed by atoms with E-state index < -0.39 is 0 Å². The van der Waals surface area contributed by atoms with Crippen molar-refractivity contribution in [2.75, 3.05) is 18.8 Å². The minimum Gasteiger partial charge on any atom is -0.468 e. The van der Waals surface area contributed by atoms with Gasteiger partial charge in [0, 0.05) is 24.8 Å². The molecule has 1 spiro atoms. The normalized spacial score (nSPS) is 20.9. The molecular formula is C16H21NO3. The van der Waals surface area contributed by atoms with E-state index in [-0.39, 0.29) is 18.2 Å². The number of amides is 1. The molecule has 2 fully saturated rings. The molecule has 0 N–H and O–H groups in total. The molecular weight excluding hydrogens is 254 g/mol. The molecule has 20 heavy (non-hydrogen) atoms. The van der Waals surface area contributed by atoms with Gasteiger partial charge in [-0.1, -0.05) is 0 Å². The zero-order chi connectivity index (χ0) is 14.0. The van der Waals surface area contributed by atoms with E-state index in [2.05, 4.69) is 0 Å². The van der Waals surface area contributed by atoms with Crippen molar-refractivity contribution in [3.63, 3.8) is 0 Å². The molecule has 0 atom stereocenters. The number of carbonyl (C=O) groups excluding carboxylic acids is 1. The Morgan fingerprint density at radius 1 is 1.15 bits per heavy atom. The third-order valence-corrected chi connectivity index (χ3v) is 4.48. The molecule has 1 aliphatic carbocycles. The molecule has 3 rings (SSSR count). The van der Waals surface area contributed by atoms with E-state index in [4.69, 9.17) is 9.47 Å². The Balaban J connectivity index is 1.81. The number of carbonyl (C=O) groups is 1. The van der Waals surface area contributed by atoms with E-state index in [0.29, 0.717) is 6.42 Å². The summed E-state index contributed by atoms with van der Waals surface area (Å²) in [5.74, 6) is 1.03. The smallest absolute Gasteiger partial charge is 0.227 e. The number of benzene rings is 1. The average molecular weight is 275 g/mol. The van der Waals surface area contributed by atoms with Crippen molar-refractivity contribution >= 4 is 11.6 Å². The minimum atomic E-state index is 0.101. The molecule has 0 aromatic heterocycles. The van der Waals surface area contributed by atoms with Crippen LogP contribution in [0.1, 0.15) is 38.5 Å². The van der Waals surface area contributed by atoms with Crippen LogP contribution in [-0.2, 0) is 9.53 Å². The van der Waals surface area contributed by atoms with E-state index in [1.54, 1.807) is 7.11 Å². The number of methoxy groups -OCH3 is 1. The van der Waals surface area contributed by atoms with E-state index in [1.165, 1.54) is 6.42 Å². The van der Waals surface area contributed by atoms with Crippen LogP contribution in [0.2, 0.25) is 0 Å². The van der Waals surface area contributed by atoms with Crippen LogP contribution in [0.15, 0.2) is 24.3 Å². The largest absolute Gasteiger partial charge is 0.468 e. The zero-order valence-corrected chi connectivity index (χ0v) is 11.9. The van der Waals surface area contributed by atoms with Crippen LogP contribution < -0.4 is 9.64 Å². The highest BCUT2D eigenvalue weighted by atomic mass is 16.7. The Morgan fingerprint density at radius 3 is 2.45 bits per heavy atom. The van der Waals surface area contributed by atoms with Crippen molar-refractivity contribution in [1.29, 1.82) is 0 Å². The van der Waals surface area contributed by atoms with Crippen LogP contribution in [0, 0.1) is 0 Å². The highest BCUT2D eigenvalue weighted by Gasteiger charge is 2.47. The van der Waals surface area contributed by atoms with Gasteiger partial charge in [-0.05, 0) is 56.4 Å². The van der Waals surface area contributed by atoms with Gasteiger partial charge in [0.1, 0.15) is 5.75 Å². The summed E-state index contributed by atoms with van der Waals surface area (Å²) in [4.78, 5) is 14.4. The summed E-state index contributed by atoms with van der Waals surface area (Å²) in [6.07, 6.45) is 6.36. The predicted octanol–water partition coefficient (Wildman–Crippen LogP) is 3.11. The second-order valence-corrected chi connectivity index (χ2v) is 5.71. The standard InChI is InChI=1S/C16H21NO3/c1-19-12-20-14-7-5-13(6-8-14)17-15(18)4-2-9-16(17)10-3-11-16/h5-8H,2-4,9-12H2,1H3. The molecule has 1 saturated heterocycles. The van der Waals surface area contributed by atoms with Gasteiger partial charge in [0.15, 0.2) is 6.79 Å². The molecule has 1 aromatic rings. The van der Waals surface area contributed by atoms with Gasteiger partial charge >= 0.3 is 0 Å². The highest BCUT2D eigenvalue weighted by Crippen LogP contribution is 2.46. The van der Waals surface area contributed by atoms with E-state index >= 15 is 0 Å². The van der Waals surface area contributed by atoms with Gasteiger partial charge in [-0.2, -0.15) is 0 Å². The number of hydrogen-bond acceptors (Lipinski definition) is 3. The number of hydrogen-bond donors (Lipinski definition) is 0. The number of piperidine rings is 1. The van der Waals surface area contributed by atoms with Crippen LogP contribution in [0.4, 0.5) is 5.69 Å². The van der Waals surface area contributed by atoms with Crippen LogP contribution in [-0.4, -0.2) is 25.3 Å². The lowest BCUT2D eigenvalue weighted by Gasteiger charge is -2.53. The fourth-order valence-electron chi connectivity index (χ4n) is 3.35. The summed E-state index contributed by atoms with van der Waals surface area (Å²) in [7, 11) is 1.60. The summed E-state index contributed by atoms with van der Waals surface area (Å²) < 4.78 is 10.3. The lowest BCUT2D eigenvalue weighted by atomic mass is 9.69. The first-order chi connectivity index (χ1) is 9.75. The van der Waals surface area contributed by atoms with Gasteiger partial charge in [0.05, 0.1) is 0 Å². The van der Waals surface area contributed by atoms with Gasteiger partial charge < -0.3 is 14.4 Å². The maximum absolute atomic E-state index is 12.3. The first kappa shape index (κ1) is 13.4. The second-order valence-electron chi connectivity index (χ2n) is 5.71. The Labute approximate surface area is 119 Å². The third kappa shape index (κ3) is 2.29. The summed E-state index contributed by atoms with van der Waals surface area (Å²) >= 11 is 0. The average Bonchev–Trinajstić information content (AvgIpc) is 2.44. The summed E-state index contributed by atoms with van der Waals surface area (Å²) in [6, 6.07) is 7.77. The Morgan fingerprint density at radius 2 is 1.85 bits per heavy atom.